The molecule has 0 aliphatic heterocycles. The summed E-state index contributed by atoms with van der Waals surface area (Å²) in [5.74, 6) is 0.278. The second kappa shape index (κ2) is 8.10. The smallest absolute Gasteiger partial charge is 0.191 e. The first-order valence-corrected chi connectivity index (χ1v) is 8.07. The summed E-state index contributed by atoms with van der Waals surface area (Å²) in [6.07, 6.45) is 2.73. The lowest BCUT2D eigenvalue weighted by molar-refractivity contribution is 0.627. The summed E-state index contributed by atoms with van der Waals surface area (Å²) in [5.41, 5.74) is 0.893. The molecule has 0 unspecified atom stereocenters. The van der Waals surface area contributed by atoms with Crippen molar-refractivity contribution in [3.8, 4) is 0 Å². The lowest BCUT2D eigenvalue weighted by Crippen LogP contribution is -2.37. The van der Waals surface area contributed by atoms with Crippen LogP contribution in [0.2, 0.25) is 5.02 Å². The molecule has 0 spiro atoms. The van der Waals surface area contributed by atoms with E-state index in [1.807, 2.05) is 13.1 Å². The number of benzene rings is 1. The number of nitrogens with zero attached hydrogens (tertiary/aromatic N) is 2. The number of aryl methyl sites for hydroxylation is 1. The van der Waals surface area contributed by atoms with Crippen molar-refractivity contribution >= 4 is 28.9 Å². The van der Waals surface area contributed by atoms with Crippen molar-refractivity contribution in [3.05, 3.63) is 50.7 Å². The third-order valence-corrected chi connectivity index (χ3v) is 4.23. The van der Waals surface area contributed by atoms with E-state index in [9.17, 15) is 4.39 Å². The second-order valence-electron chi connectivity index (χ2n) is 4.72. The van der Waals surface area contributed by atoms with Crippen LogP contribution in [0.5, 0.6) is 0 Å². The Morgan fingerprint density at radius 1 is 1.41 bits per heavy atom. The fourth-order valence-electron chi connectivity index (χ4n) is 1.86. The zero-order valence-electron chi connectivity index (χ0n) is 12.5. The van der Waals surface area contributed by atoms with Crippen LogP contribution in [-0.2, 0) is 13.0 Å². The minimum atomic E-state index is -0.410. The first-order valence-electron chi connectivity index (χ1n) is 6.88. The normalized spacial score (nSPS) is 11.5. The molecule has 0 saturated heterocycles. The van der Waals surface area contributed by atoms with Crippen LogP contribution in [0.1, 0.15) is 15.4 Å². The third kappa shape index (κ3) is 4.96. The number of hydrogen-bond acceptors (Lipinski definition) is 3. The zero-order chi connectivity index (χ0) is 15.9. The van der Waals surface area contributed by atoms with Crippen molar-refractivity contribution < 1.29 is 4.39 Å². The first kappa shape index (κ1) is 16.7. The summed E-state index contributed by atoms with van der Waals surface area (Å²) in [7, 11) is 1.71. The third-order valence-electron chi connectivity index (χ3n) is 2.97. The van der Waals surface area contributed by atoms with Crippen molar-refractivity contribution in [2.24, 2.45) is 4.99 Å². The van der Waals surface area contributed by atoms with Crippen molar-refractivity contribution in [1.29, 1.82) is 0 Å². The maximum Gasteiger partial charge on any atom is 0.191 e. The molecular weight excluding hydrogens is 323 g/mol. The molecule has 22 heavy (non-hydrogen) atoms. The predicted molar refractivity (Wildman–Crippen MR) is 90.2 cm³/mol. The van der Waals surface area contributed by atoms with Gasteiger partial charge in [-0.1, -0.05) is 17.7 Å². The fourth-order valence-corrected chi connectivity index (χ4v) is 2.85. The lowest BCUT2D eigenvalue weighted by atomic mass is 10.2. The van der Waals surface area contributed by atoms with Crippen molar-refractivity contribution in [2.75, 3.05) is 13.6 Å². The van der Waals surface area contributed by atoms with E-state index < -0.39 is 5.82 Å². The van der Waals surface area contributed by atoms with Gasteiger partial charge in [0.25, 0.3) is 0 Å². The number of halogens is 2. The Bertz CT molecular complexity index is 657. The van der Waals surface area contributed by atoms with E-state index in [1.54, 1.807) is 30.5 Å². The highest BCUT2D eigenvalue weighted by atomic mass is 35.5. The second-order valence-corrected chi connectivity index (χ2v) is 6.44. The van der Waals surface area contributed by atoms with E-state index in [4.69, 9.17) is 11.6 Å². The molecule has 0 saturated carbocycles. The van der Waals surface area contributed by atoms with Crippen LogP contribution >= 0.6 is 22.9 Å². The molecule has 0 aliphatic carbocycles. The molecule has 0 amide bonds. The fraction of sp³-hybridized carbons (Fsp3) is 0.333. The van der Waals surface area contributed by atoms with Crippen LogP contribution in [-0.4, -0.2) is 24.5 Å². The predicted octanol–water partition coefficient (Wildman–Crippen LogP) is 3.15. The summed E-state index contributed by atoms with van der Waals surface area (Å²) < 4.78 is 13.1. The molecule has 1 aromatic carbocycles. The van der Waals surface area contributed by atoms with Gasteiger partial charge in [0.1, 0.15) is 5.82 Å². The summed E-state index contributed by atoms with van der Waals surface area (Å²) in [6, 6.07) is 4.66. The highest BCUT2D eigenvalue weighted by Gasteiger charge is 2.03. The summed E-state index contributed by atoms with van der Waals surface area (Å²) >= 11 is 7.46. The standard InChI is InChI=1S/C15H18ClFN4S/c1-10-8-20-14(22-10)5-6-19-15(18-2)21-9-11-3-4-13(17)12(16)7-11/h3-4,7-8H,5-6,9H2,1-2H3,(H2,18,19,21). The van der Waals surface area contributed by atoms with Crippen LogP contribution in [0.25, 0.3) is 0 Å². The van der Waals surface area contributed by atoms with Crippen LogP contribution < -0.4 is 10.6 Å². The highest BCUT2D eigenvalue weighted by Crippen LogP contribution is 2.15. The van der Waals surface area contributed by atoms with Crippen molar-refractivity contribution in [1.82, 2.24) is 15.6 Å². The highest BCUT2D eigenvalue weighted by molar-refractivity contribution is 7.11. The van der Waals surface area contributed by atoms with Gasteiger partial charge in [-0.25, -0.2) is 9.37 Å². The van der Waals surface area contributed by atoms with Gasteiger partial charge in [0.05, 0.1) is 10.0 Å². The minimum absolute atomic E-state index is 0.126. The number of nitrogens with one attached hydrogen (secondary N) is 2. The van der Waals surface area contributed by atoms with Crippen LogP contribution in [0.4, 0.5) is 4.39 Å². The number of rotatable bonds is 5. The topological polar surface area (TPSA) is 49.3 Å². The largest absolute Gasteiger partial charge is 0.356 e. The van der Waals surface area contributed by atoms with E-state index in [-0.39, 0.29) is 5.02 Å². The Kier molecular flexibility index (Phi) is 6.15. The Morgan fingerprint density at radius 3 is 2.86 bits per heavy atom. The molecule has 118 valence electrons. The van der Waals surface area contributed by atoms with E-state index in [0.29, 0.717) is 12.5 Å². The molecule has 0 fully saturated rings. The van der Waals surface area contributed by atoms with E-state index in [1.165, 1.54) is 10.9 Å². The summed E-state index contributed by atoms with van der Waals surface area (Å²) in [6.45, 7) is 3.32. The average molecular weight is 341 g/mol. The van der Waals surface area contributed by atoms with Crippen LogP contribution in [0.15, 0.2) is 29.4 Å². The Morgan fingerprint density at radius 2 is 2.23 bits per heavy atom. The Labute approximate surface area is 138 Å². The van der Waals surface area contributed by atoms with Crippen LogP contribution in [0, 0.1) is 12.7 Å². The molecule has 0 bridgehead atoms. The molecule has 2 N–H and O–H groups in total. The first-order chi connectivity index (χ1) is 10.6. The average Bonchev–Trinajstić information content (AvgIpc) is 2.91. The molecule has 0 radical (unpaired) electrons. The van der Waals surface area contributed by atoms with E-state index >= 15 is 0 Å². The maximum absolute atomic E-state index is 13.1. The van der Waals surface area contributed by atoms with E-state index in [2.05, 4.69) is 20.6 Å². The molecule has 0 aliphatic rings. The monoisotopic (exact) mass is 340 g/mol. The number of aromatic nitrogens is 1. The molecule has 2 rings (SSSR count). The van der Waals surface area contributed by atoms with Crippen LogP contribution in [0.3, 0.4) is 0 Å². The van der Waals surface area contributed by atoms with Gasteiger partial charge >= 0.3 is 0 Å². The quantitative estimate of drug-likeness (QED) is 0.649. The molecule has 1 aromatic heterocycles. The van der Waals surface area contributed by atoms with Gasteiger partial charge < -0.3 is 10.6 Å². The van der Waals surface area contributed by atoms with Gasteiger partial charge in [-0.05, 0) is 24.6 Å². The van der Waals surface area contributed by atoms with Gasteiger partial charge in [-0.2, -0.15) is 0 Å². The lowest BCUT2D eigenvalue weighted by Gasteiger charge is -2.11. The van der Waals surface area contributed by atoms with Gasteiger partial charge in [0.15, 0.2) is 5.96 Å². The number of aliphatic imine (C=N–C) groups is 1. The Balaban J connectivity index is 1.78. The Hall–Kier alpha value is -1.66. The number of thiazole rings is 1. The number of hydrogen-bond donors (Lipinski definition) is 2. The number of guanidine groups is 1. The molecule has 7 heteroatoms. The molecule has 4 nitrogen and oxygen atoms in total. The maximum atomic E-state index is 13.1. The van der Waals surface area contributed by atoms with Gasteiger partial charge in [-0.15, -0.1) is 11.3 Å². The van der Waals surface area contributed by atoms with Crippen molar-refractivity contribution in [3.63, 3.8) is 0 Å². The van der Waals surface area contributed by atoms with Gasteiger partial charge in [-0.3, -0.25) is 4.99 Å². The molecular formula is C15H18ClFN4S. The minimum Gasteiger partial charge on any atom is -0.356 e. The van der Waals surface area contributed by atoms with Gasteiger partial charge in [0, 0.05) is 37.6 Å². The summed E-state index contributed by atoms with van der Waals surface area (Å²) in [5, 5.41) is 7.62. The molecule has 2 aromatic rings. The zero-order valence-corrected chi connectivity index (χ0v) is 14.1. The van der Waals surface area contributed by atoms with Gasteiger partial charge in [0.2, 0.25) is 0 Å². The summed E-state index contributed by atoms with van der Waals surface area (Å²) in [4.78, 5) is 9.68. The molecule has 0 atom stereocenters. The van der Waals surface area contributed by atoms with E-state index in [0.717, 1.165) is 23.5 Å². The SMILES string of the molecule is CN=C(NCCc1ncc(C)s1)NCc1ccc(F)c(Cl)c1. The van der Waals surface area contributed by atoms with Crippen molar-refractivity contribution in [2.45, 2.75) is 19.9 Å². The molecule has 1 heterocycles.